The summed E-state index contributed by atoms with van der Waals surface area (Å²) < 4.78 is 0. The van der Waals surface area contributed by atoms with Gasteiger partial charge in [-0.05, 0) is 36.3 Å². The molecule has 0 radical (unpaired) electrons. The zero-order valence-electron chi connectivity index (χ0n) is 13.3. The number of hydrogen-bond acceptors (Lipinski definition) is 2. The Hall–Kier alpha value is -1.19. The Bertz CT molecular complexity index is 698. The molecule has 0 heterocycles. The first-order valence-electron chi connectivity index (χ1n) is 8.24. The smallest absolute Gasteiger partial charge is 0.230 e. The van der Waals surface area contributed by atoms with Crippen molar-refractivity contribution in [2.45, 2.75) is 43.5 Å². The van der Waals surface area contributed by atoms with Crippen molar-refractivity contribution >= 4 is 40.0 Å². The molecule has 2 aromatic carbocycles. The highest BCUT2D eigenvalue weighted by molar-refractivity contribution is 8.00. The van der Waals surface area contributed by atoms with Gasteiger partial charge in [-0.3, -0.25) is 4.79 Å². The van der Waals surface area contributed by atoms with E-state index in [1.807, 2.05) is 24.3 Å². The third-order valence-corrected chi connectivity index (χ3v) is 6.00. The molecule has 1 fully saturated rings. The number of halogens is 1. The zero-order valence-corrected chi connectivity index (χ0v) is 14.9. The van der Waals surface area contributed by atoms with Crippen LogP contribution in [0, 0.1) is 5.92 Å². The van der Waals surface area contributed by atoms with Gasteiger partial charge in [-0.2, -0.15) is 0 Å². The van der Waals surface area contributed by atoms with Crippen LogP contribution >= 0.6 is 23.4 Å². The van der Waals surface area contributed by atoms with E-state index in [4.69, 9.17) is 11.6 Å². The van der Waals surface area contributed by atoms with Crippen LogP contribution in [0.15, 0.2) is 41.3 Å². The Labute approximate surface area is 147 Å². The summed E-state index contributed by atoms with van der Waals surface area (Å²) in [4.78, 5) is 13.4. The molecule has 0 aromatic heterocycles. The number of amides is 1. The second-order valence-electron chi connectivity index (χ2n) is 6.32. The Morgan fingerprint density at radius 3 is 2.74 bits per heavy atom. The predicted molar refractivity (Wildman–Crippen MR) is 99.2 cm³/mol. The van der Waals surface area contributed by atoms with Gasteiger partial charge in [0.1, 0.15) is 0 Å². The lowest BCUT2D eigenvalue weighted by molar-refractivity contribution is -0.119. The van der Waals surface area contributed by atoms with Gasteiger partial charge >= 0.3 is 0 Å². The molecule has 2 aromatic rings. The molecule has 1 aliphatic rings. The average molecular weight is 348 g/mol. The van der Waals surface area contributed by atoms with Crippen LogP contribution in [0.4, 0.5) is 0 Å². The number of rotatable bonds is 4. The molecular weight excluding hydrogens is 326 g/mol. The van der Waals surface area contributed by atoms with E-state index in [1.54, 1.807) is 11.8 Å². The van der Waals surface area contributed by atoms with Crippen molar-refractivity contribution < 1.29 is 4.79 Å². The van der Waals surface area contributed by atoms with E-state index in [9.17, 15) is 4.79 Å². The molecule has 0 aliphatic heterocycles. The highest BCUT2D eigenvalue weighted by Crippen LogP contribution is 2.33. The fourth-order valence-electron chi connectivity index (χ4n) is 3.30. The SMILES string of the molecule is C[C@@H]1CCCC[C@@H]1NC(=O)CSc1cccc2cccc(Cl)c12. The second-order valence-corrected chi connectivity index (χ2v) is 7.74. The van der Waals surface area contributed by atoms with Crippen LogP contribution in [0.5, 0.6) is 0 Å². The molecule has 23 heavy (non-hydrogen) atoms. The summed E-state index contributed by atoms with van der Waals surface area (Å²) in [6.07, 6.45) is 4.84. The van der Waals surface area contributed by atoms with E-state index in [-0.39, 0.29) is 5.91 Å². The highest BCUT2D eigenvalue weighted by atomic mass is 35.5. The van der Waals surface area contributed by atoms with E-state index in [0.29, 0.717) is 17.7 Å². The summed E-state index contributed by atoms with van der Waals surface area (Å²) in [7, 11) is 0. The molecule has 0 spiro atoms. The Kier molecular flexibility index (Phi) is 5.50. The van der Waals surface area contributed by atoms with Gasteiger partial charge in [-0.25, -0.2) is 0 Å². The Morgan fingerprint density at radius 1 is 1.22 bits per heavy atom. The topological polar surface area (TPSA) is 29.1 Å². The summed E-state index contributed by atoms with van der Waals surface area (Å²) in [5.41, 5.74) is 0. The molecule has 1 aliphatic carbocycles. The third-order valence-electron chi connectivity index (χ3n) is 4.63. The molecule has 0 saturated heterocycles. The number of carbonyl (C=O) groups is 1. The van der Waals surface area contributed by atoms with Gasteiger partial charge in [-0.1, -0.05) is 55.6 Å². The molecule has 2 nitrogen and oxygen atoms in total. The first-order chi connectivity index (χ1) is 11.1. The van der Waals surface area contributed by atoms with E-state index >= 15 is 0 Å². The molecule has 3 rings (SSSR count). The Morgan fingerprint density at radius 2 is 1.96 bits per heavy atom. The molecule has 2 atom stereocenters. The molecule has 4 heteroatoms. The summed E-state index contributed by atoms with van der Waals surface area (Å²) in [6.45, 7) is 2.24. The number of nitrogens with one attached hydrogen (secondary N) is 1. The van der Waals surface area contributed by atoms with Crippen molar-refractivity contribution in [2.24, 2.45) is 5.92 Å². The first kappa shape index (κ1) is 16.7. The molecule has 1 saturated carbocycles. The number of hydrogen-bond donors (Lipinski definition) is 1. The summed E-state index contributed by atoms with van der Waals surface area (Å²) in [5.74, 6) is 1.15. The number of thioether (sulfide) groups is 1. The van der Waals surface area contributed by atoms with Crippen LogP contribution in [0.1, 0.15) is 32.6 Å². The summed E-state index contributed by atoms with van der Waals surface area (Å²) in [5, 5.41) is 6.11. The minimum Gasteiger partial charge on any atom is -0.352 e. The second kappa shape index (κ2) is 7.59. The minimum absolute atomic E-state index is 0.123. The number of benzene rings is 2. The van der Waals surface area contributed by atoms with Gasteiger partial charge in [0.05, 0.1) is 5.75 Å². The third kappa shape index (κ3) is 4.02. The molecule has 1 N–H and O–H groups in total. The summed E-state index contributed by atoms with van der Waals surface area (Å²) >= 11 is 7.90. The molecule has 122 valence electrons. The Balaban J connectivity index is 1.65. The minimum atomic E-state index is 0.123. The van der Waals surface area contributed by atoms with Crippen molar-refractivity contribution in [3.05, 3.63) is 41.4 Å². The summed E-state index contributed by atoms with van der Waals surface area (Å²) in [6, 6.07) is 12.4. The average Bonchev–Trinajstić information content (AvgIpc) is 2.55. The van der Waals surface area contributed by atoms with Gasteiger partial charge in [-0.15, -0.1) is 11.8 Å². The normalized spacial score (nSPS) is 21.3. The van der Waals surface area contributed by atoms with Crippen molar-refractivity contribution in [3.8, 4) is 0 Å². The van der Waals surface area contributed by atoms with Gasteiger partial charge in [0.15, 0.2) is 0 Å². The monoisotopic (exact) mass is 347 g/mol. The fraction of sp³-hybridized carbons (Fsp3) is 0.421. The van der Waals surface area contributed by atoms with Gasteiger partial charge in [0.25, 0.3) is 0 Å². The van der Waals surface area contributed by atoms with Crippen molar-refractivity contribution in [2.75, 3.05) is 5.75 Å². The lowest BCUT2D eigenvalue weighted by atomic mass is 9.86. The quantitative estimate of drug-likeness (QED) is 0.762. The predicted octanol–water partition coefficient (Wildman–Crippen LogP) is 5.28. The molecule has 0 unspecified atom stereocenters. The van der Waals surface area contributed by atoms with Gasteiger partial charge in [0, 0.05) is 21.3 Å². The first-order valence-corrected chi connectivity index (χ1v) is 9.61. The van der Waals surface area contributed by atoms with Crippen molar-refractivity contribution in [1.29, 1.82) is 0 Å². The molecular formula is C19H22ClNOS. The van der Waals surface area contributed by atoms with Crippen LogP contribution in [0.3, 0.4) is 0 Å². The van der Waals surface area contributed by atoms with Crippen LogP contribution in [0.2, 0.25) is 5.02 Å². The van der Waals surface area contributed by atoms with Gasteiger partial charge in [0.2, 0.25) is 5.91 Å². The van der Waals surface area contributed by atoms with Crippen molar-refractivity contribution in [3.63, 3.8) is 0 Å². The lowest BCUT2D eigenvalue weighted by Gasteiger charge is -2.29. The molecule has 0 bridgehead atoms. The van der Waals surface area contributed by atoms with Crippen LogP contribution in [-0.2, 0) is 4.79 Å². The van der Waals surface area contributed by atoms with E-state index in [2.05, 4.69) is 24.4 Å². The molecule has 1 amide bonds. The number of carbonyl (C=O) groups excluding carboxylic acids is 1. The van der Waals surface area contributed by atoms with Gasteiger partial charge < -0.3 is 5.32 Å². The standard InChI is InChI=1S/C19H22ClNOS/c1-13-6-2-3-10-16(13)21-18(22)12-23-17-11-5-8-14-7-4-9-15(20)19(14)17/h4-5,7-9,11,13,16H,2-3,6,10,12H2,1H3,(H,21,22)/t13-,16+/m1/s1. The van der Waals surface area contributed by atoms with E-state index in [1.165, 1.54) is 19.3 Å². The zero-order chi connectivity index (χ0) is 16.2. The van der Waals surface area contributed by atoms with Crippen molar-refractivity contribution in [1.82, 2.24) is 5.32 Å². The van der Waals surface area contributed by atoms with Crippen LogP contribution < -0.4 is 5.32 Å². The van der Waals surface area contributed by atoms with E-state index in [0.717, 1.165) is 27.1 Å². The lowest BCUT2D eigenvalue weighted by Crippen LogP contribution is -2.41. The maximum atomic E-state index is 12.3. The maximum absolute atomic E-state index is 12.3. The largest absolute Gasteiger partial charge is 0.352 e. The fourth-order valence-corrected chi connectivity index (χ4v) is 4.56. The maximum Gasteiger partial charge on any atom is 0.230 e. The van der Waals surface area contributed by atoms with Crippen LogP contribution in [0.25, 0.3) is 10.8 Å². The van der Waals surface area contributed by atoms with E-state index < -0.39 is 0 Å². The van der Waals surface area contributed by atoms with Crippen LogP contribution in [-0.4, -0.2) is 17.7 Å². The number of fused-ring (bicyclic) bond motifs is 1. The highest BCUT2D eigenvalue weighted by Gasteiger charge is 2.22.